The van der Waals surface area contributed by atoms with E-state index in [0.717, 1.165) is 11.8 Å². The van der Waals surface area contributed by atoms with Gasteiger partial charge in [-0.1, -0.05) is 13.3 Å². The maximum Gasteiger partial charge on any atom is 0.319 e. The zero-order valence-corrected chi connectivity index (χ0v) is 14.5. The summed E-state index contributed by atoms with van der Waals surface area (Å²) in [5, 5.41) is 5.83. The second-order valence-corrected chi connectivity index (χ2v) is 7.07. The standard InChI is InChI=1S/C19H27N3O2/c1-3-14-12-22-9-8-16(14)10-18(22)11-20-19(24)21-17-6-4-15(5-7-17)13(2)23/h4-7,14,16,18H,3,8-12H2,1-2H3,(H2,20,21,24). The minimum atomic E-state index is -0.180. The average Bonchev–Trinajstić information content (AvgIpc) is 2.60. The highest BCUT2D eigenvalue weighted by Gasteiger charge is 2.38. The van der Waals surface area contributed by atoms with Gasteiger partial charge >= 0.3 is 6.03 Å². The Morgan fingerprint density at radius 2 is 2.00 bits per heavy atom. The van der Waals surface area contributed by atoms with E-state index < -0.39 is 0 Å². The first kappa shape index (κ1) is 17.0. The molecular weight excluding hydrogens is 302 g/mol. The summed E-state index contributed by atoms with van der Waals surface area (Å²) in [6.45, 7) is 6.86. The Kier molecular flexibility index (Phi) is 5.19. The van der Waals surface area contributed by atoms with E-state index in [9.17, 15) is 9.59 Å². The molecule has 3 aliphatic rings. The van der Waals surface area contributed by atoms with Gasteiger partial charge in [0.2, 0.25) is 0 Å². The van der Waals surface area contributed by atoms with Crippen LogP contribution in [0.1, 0.15) is 43.5 Å². The fourth-order valence-electron chi connectivity index (χ4n) is 4.10. The number of urea groups is 1. The number of ketones is 1. The normalized spacial score (nSPS) is 28.4. The first-order valence-electron chi connectivity index (χ1n) is 8.96. The summed E-state index contributed by atoms with van der Waals surface area (Å²) in [5.41, 5.74) is 1.35. The number of benzene rings is 1. The molecule has 24 heavy (non-hydrogen) atoms. The largest absolute Gasteiger partial charge is 0.336 e. The Labute approximate surface area is 143 Å². The maximum atomic E-state index is 12.1. The number of Topliss-reactive ketones (excluding diaryl/α,β-unsaturated/α-hetero) is 1. The number of fused-ring (bicyclic) bond motifs is 3. The number of anilines is 1. The fraction of sp³-hybridized carbons (Fsp3) is 0.579. The molecule has 3 saturated heterocycles. The molecule has 2 N–H and O–H groups in total. The van der Waals surface area contributed by atoms with E-state index >= 15 is 0 Å². The van der Waals surface area contributed by atoms with Crippen molar-refractivity contribution in [1.29, 1.82) is 0 Å². The monoisotopic (exact) mass is 329 g/mol. The van der Waals surface area contributed by atoms with E-state index in [1.807, 2.05) is 0 Å². The van der Waals surface area contributed by atoms with Gasteiger partial charge in [0.15, 0.2) is 5.78 Å². The third kappa shape index (κ3) is 3.78. The molecule has 1 aromatic carbocycles. The predicted octanol–water partition coefficient (Wildman–Crippen LogP) is 3.13. The van der Waals surface area contributed by atoms with Gasteiger partial charge in [-0.2, -0.15) is 0 Å². The van der Waals surface area contributed by atoms with Crippen molar-refractivity contribution in [3.05, 3.63) is 29.8 Å². The van der Waals surface area contributed by atoms with Crippen LogP contribution < -0.4 is 10.6 Å². The lowest BCUT2D eigenvalue weighted by atomic mass is 9.74. The van der Waals surface area contributed by atoms with Crippen LogP contribution in [0.3, 0.4) is 0 Å². The third-order valence-corrected chi connectivity index (χ3v) is 5.59. The summed E-state index contributed by atoms with van der Waals surface area (Å²) in [6.07, 6.45) is 3.77. The van der Waals surface area contributed by atoms with Gasteiger partial charge < -0.3 is 10.6 Å². The second kappa shape index (κ2) is 7.34. The number of hydrogen-bond donors (Lipinski definition) is 2. The highest BCUT2D eigenvalue weighted by molar-refractivity contribution is 5.95. The summed E-state index contributed by atoms with van der Waals surface area (Å²) in [6, 6.07) is 7.27. The lowest BCUT2D eigenvalue weighted by molar-refractivity contribution is 0.00159. The van der Waals surface area contributed by atoms with Gasteiger partial charge in [0.1, 0.15) is 0 Å². The number of nitrogens with zero attached hydrogens (tertiary/aromatic N) is 1. The molecule has 5 heteroatoms. The van der Waals surface area contributed by atoms with E-state index in [0.29, 0.717) is 23.8 Å². The van der Waals surface area contributed by atoms with Gasteiger partial charge in [-0.3, -0.25) is 9.69 Å². The molecule has 3 heterocycles. The molecule has 0 aliphatic carbocycles. The Bertz CT molecular complexity index is 599. The van der Waals surface area contributed by atoms with Crippen LogP contribution in [0, 0.1) is 11.8 Å². The summed E-state index contributed by atoms with van der Waals surface area (Å²) in [7, 11) is 0. The molecule has 0 radical (unpaired) electrons. The molecule has 0 saturated carbocycles. The van der Waals surface area contributed by atoms with Crippen molar-refractivity contribution in [1.82, 2.24) is 10.2 Å². The van der Waals surface area contributed by atoms with E-state index in [1.165, 1.54) is 39.3 Å². The molecule has 0 spiro atoms. The van der Waals surface area contributed by atoms with Gasteiger partial charge in [-0.05, 0) is 62.4 Å². The van der Waals surface area contributed by atoms with Crippen LogP contribution in [0.25, 0.3) is 0 Å². The molecule has 2 amide bonds. The van der Waals surface area contributed by atoms with E-state index in [4.69, 9.17) is 0 Å². The lowest BCUT2D eigenvalue weighted by Gasteiger charge is -2.49. The Balaban J connectivity index is 1.47. The lowest BCUT2D eigenvalue weighted by Crippen LogP contribution is -2.56. The molecule has 5 nitrogen and oxygen atoms in total. The quantitative estimate of drug-likeness (QED) is 0.816. The summed E-state index contributed by atoms with van der Waals surface area (Å²) in [5.74, 6) is 1.69. The zero-order chi connectivity index (χ0) is 17.1. The summed E-state index contributed by atoms with van der Waals surface area (Å²) >= 11 is 0. The van der Waals surface area contributed by atoms with E-state index in [2.05, 4.69) is 22.5 Å². The smallest absolute Gasteiger partial charge is 0.319 e. The molecular formula is C19H27N3O2. The molecule has 3 fully saturated rings. The molecule has 1 aromatic rings. The van der Waals surface area contributed by atoms with Crippen LogP contribution in [-0.2, 0) is 0 Å². The average molecular weight is 329 g/mol. The number of amides is 2. The number of carbonyl (C=O) groups is 2. The van der Waals surface area contributed by atoms with Crippen molar-refractivity contribution in [3.63, 3.8) is 0 Å². The summed E-state index contributed by atoms with van der Waals surface area (Å²) in [4.78, 5) is 25.9. The topological polar surface area (TPSA) is 61.4 Å². The van der Waals surface area contributed by atoms with E-state index in [1.54, 1.807) is 24.3 Å². The SMILES string of the molecule is CCC1CN2CCC1CC2CNC(=O)Nc1ccc(C(C)=O)cc1. The van der Waals surface area contributed by atoms with Crippen molar-refractivity contribution >= 4 is 17.5 Å². The van der Waals surface area contributed by atoms with Crippen LogP contribution in [0.4, 0.5) is 10.5 Å². The highest BCUT2D eigenvalue weighted by atomic mass is 16.2. The molecule has 2 bridgehead atoms. The number of piperidine rings is 3. The minimum Gasteiger partial charge on any atom is -0.336 e. The third-order valence-electron chi connectivity index (χ3n) is 5.59. The fourth-order valence-corrected chi connectivity index (χ4v) is 4.10. The highest BCUT2D eigenvalue weighted by Crippen LogP contribution is 2.37. The molecule has 4 rings (SSSR count). The molecule has 3 aliphatic heterocycles. The Morgan fingerprint density at radius 1 is 1.25 bits per heavy atom. The number of hydrogen-bond acceptors (Lipinski definition) is 3. The van der Waals surface area contributed by atoms with Crippen molar-refractivity contribution in [2.75, 3.05) is 25.0 Å². The van der Waals surface area contributed by atoms with Crippen LogP contribution in [-0.4, -0.2) is 42.4 Å². The zero-order valence-electron chi connectivity index (χ0n) is 14.5. The van der Waals surface area contributed by atoms with Gasteiger partial charge in [-0.15, -0.1) is 0 Å². The van der Waals surface area contributed by atoms with Crippen molar-refractivity contribution in [2.24, 2.45) is 11.8 Å². The number of carbonyl (C=O) groups excluding carboxylic acids is 2. The minimum absolute atomic E-state index is 0.0257. The van der Waals surface area contributed by atoms with Crippen LogP contribution in [0.2, 0.25) is 0 Å². The van der Waals surface area contributed by atoms with Crippen molar-refractivity contribution in [3.8, 4) is 0 Å². The van der Waals surface area contributed by atoms with Gasteiger partial charge in [0.25, 0.3) is 0 Å². The Morgan fingerprint density at radius 3 is 2.58 bits per heavy atom. The van der Waals surface area contributed by atoms with Gasteiger partial charge in [0.05, 0.1) is 0 Å². The molecule has 4 atom stereocenters. The molecule has 0 aromatic heterocycles. The van der Waals surface area contributed by atoms with Crippen LogP contribution in [0.15, 0.2) is 24.3 Å². The van der Waals surface area contributed by atoms with Gasteiger partial charge in [-0.25, -0.2) is 4.79 Å². The summed E-state index contributed by atoms with van der Waals surface area (Å²) < 4.78 is 0. The van der Waals surface area contributed by atoms with E-state index in [-0.39, 0.29) is 11.8 Å². The first-order chi connectivity index (χ1) is 11.6. The van der Waals surface area contributed by atoms with Crippen LogP contribution in [0.5, 0.6) is 0 Å². The number of nitrogens with one attached hydrogen (secondary N) is 2. The van der Waals surface area contributed by atoms with Gasteiger partial charge in [0, 0.05) is 30.4 Å². The maximum absolute atomic E-state index is 12.1. The van der Waals surface area contributed by atoms with Crippen molar-refractivity contribution in [2.45, 2.75) is 39.2 Å². The molecule has 130 valence electrons. The predicted molar refractivity (Wildman–Crippen MR) is 95.3 cm³/mol. The number of rotatable bonds is 5. The van der Waals surface area contributed by atoms with Crippen LogP contribution >= 0.6 is 0 Å². The first-order valence-corrected chi connectivity index (χ1v) is 8.96. The van der Waals surface area contributed by atoms with Crippen molar-refractivity contribution < 1.29 is 9.59 Å². The Hall–Kier alpha value is -1.88. The second-order valence-electron chi connectivity index (χ2n) is 7.07. The molecule has 4 unspecified atom stereocenters.